The molecule has 2 nitrogen and oxygen atoms in total. The molecule has 2 aromatic rings. The Kier molecular flexibility index (Phi) is 4.27. The molecule has 0 radical (unpaired) electrons. The highest BCUT2D eigenvalue weighted by molar-refractivity contribution is 8.03. The third-order valence-electron chi connectivity index (χ3n) is 2.81. The first-order chi connectivity index (χ1) is 8.81. The van der Waals surface area contributed by atoms with Gasteiger partial charge < -0.3 is 5.11 Å². The van der Waals surface area contributed by atoms with Gasteiger partial charge in [0.05, 0.1) is 0 Å². The second-order valence-electron chi connectivity index (χ2n) is 3.96. The number of rotatable bonds is 4. The van der Waals surface area contributed by atoms with E-state index in [2.05, 4.69) is 17.5 Å². The molecule has 2 aromatic carbocycles. The lowest BCUT2D eigenvalue weighted by Gasteiger charge is -2.16. The van der Waals surface area contributed by atoms with Crippen molar-refractivity contribution in [1.29, 1.82) is 5.26 Å². The Morgan fingerprint density at radius 3 is 2.22 bits per heavy atom. The number of nitrogens with zero attached hydrogens (tertiary/aromatic N) is 1. The Morgan fingerprint density at radius 2 is 1.61 bits per heavy atom. The number of thiocyanates is 1. The number of phenolic OH excluding ortho intramolecular Hbond substituents is 1. The van der Waals surface area contributed by atoms with Crippen LogP contribution in [0.5, 0.6) is 5.75 Å². The summed E-state index contributed by atoms with van der Waals surface area (Å²) in [7, 11) is 0. The smallest absolute Gasteiger partial charge is 0.133 e. The second-order valence-corrected chi connectivity index (χ2v) is 4.76. The van der Waals surface area contributed by atoms with E-state index in [1.165, 1.54) is 17.3 Å². The van der Waals surface area contributed by atoms with Crippen LogP contribution in [-0.2, 0) is 0 Å². The van der Waals surface area contributed by atoms with Crippen molar-refractivity contribution in [3.8, 4) is 11.2 Å². The summed E-state index contributed by atoms with van der Waals surface area (Å²) in [5, 5.41) is 20.2. The summed E-state index contributed by atoms with van der Waals surface area (Å²) in [6, 6.07) is 17.3. The Bertz CT molecular complexity index is 531. The van der Waals surface area contributed by atoms with Crippen LogP contribution in [0.4, 0.5) is 0 Å². The monoisotopic (exact) mass is 255 g/mol. The van der Waals surface area contributed by atoms with Crippen LogP contribution in [-0.4, -0.2) is 10.9 Å². The van der Waals surface area contributed by atoms with E-state index in [1.807, 2.05) is 30.3 Å². The standard InChI is InChI=1S/C15H13NOS/c16-11-18-10-15(12-4-2-1-3-5-12)13-6-8-14(17)9-7-13/h1-9,15,17H,10H2. The van der Waals surface area contributed by atoms with Crippen molar-refractivity contribution in [2.45, 2.75) is 5.92 Å². The molecule has 1 atom stereocenters. The van der Waals surface area contributed by atoms with Crippen molar-refractivity contribution in [2.75, 3.05) is 5.75 Å². The van der Waals surface area contributed by atoms with Crippen molar-refractivity contribution in [2.24, 2.45) is 0 Å². The fourth-order valence-electron chi connectivity index (χ4n) is 1.90. The lowest BCUT2D eigenvalue weighted by molar-refractivity contribution is 0.475. The number of aromatic hydroxyl groups is 1. The summed E-state index contributed by atoms with van der Waals surface area (Å²) < 4.78 is 0. The van der Waals surface area contributed by atoms with Gasteiger partial charge in [0, 0.05) is 11.7 Å². The first-order valence-corrected chi connectivity index (χ1v) is 6.64. The van der Waals surface area contributed by atoms with E-state index in [0.717, 1.165) is 5.56 Å². The zero-order valence-electron chi connectivity index (χ0n) is 9.78. The molecular weight excluding hydrogens is 242 g/mol. The average Bonchev–Trinajstić information content (AvgIpc) is 2.42. The molecule has 3 heteroatoms. The van der Waals surface area contributed by atoms with Crippen LogP contribution in [0.1, 0.15) is 17.0 Å². The van der Waals surface area contributed by atoms with E-state index in [-0.39, 0.29) is 11.7 Å². The summed E-state index contributed by atoms with van der Waals surface area (Å²) in [6.07, 6.45) is 0. The number of hydrogen-bond donors (Lipinski definition) is 1. The molecular formula is C15H13NOS. The van der Waals surface area contributed by atoms with Gasteiger partial charge in [0.15, 0.2) is 0 Å². The molecule has 0 aliphatic rings. The van der Waals surface area contributed by atoms with Gasteiger partial charge in [0.2, 0.25) is 0 Å². The summed E-state index contributed by atoms with van der Waals surface area (Å²) in [5.41, 5.74) is 2.30. The molecule has 0 saturated heterocycles. The lowest BCUT2D eigenvalue weighted by Crippen LogP contribution is -2.03. The molecule has 0 saturated carbocycles. The van der Waals surface area contributed by atoms with Crippen molar-refractivity contribution in [3.63, 3.8) is 0 Å². The predicted octanol–water partition coefficient (Wildman–Crippen LogP) is 3.74. The van der Waals surface area contributed by atoms with Crippen molar-refractivity contribution >= 4 is 11.8 Å². The zero-order valence-corrected chi connectivity index (χ0v) is 10.6. The molecule has 0 bridgehead atoms. The van der Waals surface area contributed by atoms with Crippen LogP contribution in [0, 0.1) is 10.7 Å². The molecule has 0 aliphatic heterocycles. The molecule has 1 unspecified atom stereocenters. The summed E-state index contributed by atoms with van der Waals surface area (Å²) in [6.45, 7) is 0. The minimum Gasteiger partial charge on any atom is -0.508 e. The van der Waals surface area contributed by atoms with Crippen LogP contribution < -0.4 is 0 Å². The van der Waals surface area contributed by atoms with Gasteiger partial charge in [-0.05, 0) is 35.0 Å². The summed E-state index contributed by atoms with van der Waals surface area (Å²) >= 11 is 1.25. The van der Waals surface area contributed by atoms with E-state index in [0.29, 0.717) is 5.75 Å². The van der Waals surface area contributed by atoms with Gasteiger partial charge in [-0.25, -0.2) is 0 Å². The predicted molar refractivity (Wildman–Crippen MR) is 74.5 cm³/mol. The highest BCUT2D eigenvalue weighted by Crippen LogP contribution is 2.29. The maximum Gasteiger partial charge on any atom is 0.133 e. The molecule has 0 fully saturated rings. The zero-order chi connectivity index (χ0) is 12.8. The van der Waals surface area contributed by atoms with Crippen molar-refractivity contribution in [1.82, 2.24) is 0 Å². The Morgan fingerprint density at radius 1 is 1.00 bits per heavy atom. The first kappa shape index (κ1) is 12.5. The van der Waals surface area contributed by atoms with Crippen LogP contribution in [0.2, 0.25) is 0 Å². The molecule has 0 aromatic heterocycles. The van der Waals surface area contributed by atoms with E-state index < -0.39 is 0 Å². The van der Waals surface area contributed by atoms with Gasteiger partial charge >= 0.3 is 0 Å². The van der Waals surface area contributed by atoms with E-state index in [1.54, 1.807) is 12.1 Å². The summed E-state index contributed by atoms with van der Waals surface area (Å²) in [5.74, 6) is 1.15. The second kappa shape index (κ2) is 6.13. The normalized spacial score (nSPS) is 11.7. The van der Waals surface area contributed by atoms with Gasteiger partial charge in [-0.2, -0.15) is 5.26 Å². The molecule has 0 heterocycles. The van der Waals surface area contributed by atoms with E-state index >= 15 is 0 Å². The fraction of sp³-hybridized carbons (Fsp3) is 0.133. The Hall–Kier alpha value is -1.92. The number of phenols is 1. The summed E-state index contributed by atoms with van der Waals surface area (Å²) in [4.78, 5) is 0. The third kappa shape index (κ3) is 3.06. The molecule has 2 rings (SSSR count). The fourth-order valence-corrected chi connectivity index (χ4v) is 2.52. The topological polar surface area (TPSA) is 44.0 Å². The van der Waals surface area contributed by atoms with Crippen LogP contribution >= 0.6 is 11.8 Å². The molecule has 0 aliphatic carbocycles. The largest absolute Gasteiger partial charge is 0.508 e. The molecule has 0 amide bonds. The molecule has 90 valence electrons. The highest BCUT2D eigenvalue weighted by atomic mass is 32.2. The number of hydrogen-bond acceptors (Lipinski definition) is 3. The SMILES string of the molecule is N#CSCC(c1ccccc1)c1ccc(O)cc1. The Labute approximate surface area is 111 Å². The lowest BCUT2D eigenvalue weighted by atomic mass is 9.93. The maximum atomic E-state index is 9.33. The molecule has 1 N–H and O–H groups in total. The number of benzene rings is 2. The van der Waals surface area contributed by atoms with Gasteiger partial charge in [0.1, 0.15) is 11.2 Å². The molecule has 18 heavy (non-hydrogen) atoms. The maximum absolute atomic E-state index is 9.33. The van der Waals surface area contributed by atoms with Gasteiger partial charge in [-0.3, -0.25) is 0 Å². The quantitative estimate of drug-likeness (QED) is 0.846. The van der Waals surface area contributed by atoms with Crippen molar-refractivity contribution < 1.29 is 5.11 Å². The van der Waals surface area contributed by atoms with Crippen LogP contribution in [0.25, 0.3) is 0 Å². The van der Waals surface area contributed by atoms with Crippen LogP contribution in [0.15, 0.2) is 54.6 Å². The van der Waals surface area contributed by atoms with E-state index in [4.69, 9.17) is 5.26 Å². The average molecular weight is 255 g/mol. The van der Waals surface area contributed by atoms with Crippen LogP contribution in [0.3, 0.4) is 0 Å². The number of thioether (sulfide) groups is 1. The van der Waals surface area contributed by atoms with Gasteiger partial charge in [0.25, 0.3) is 0 Å². The number of nitriles is 1. The van der Waals surface area contributed by atoms with Crippen molar-refractivity contribution in [3.05, 3.63) is 65.7 Å². The first-order valence-electron chi connectivity index (χ1n) is 5.66. The van der Waals surface area contributed by atoms with E-state index in [9.17, 15) is 5.11 Å². The molecule has 0 spiro atoms. The highest BCUT2D eigenvalue weighted by Gasteiger charge is 2.14. The van der Waals surface area contributed by atoms with Gasteiger partial charge in [-0.1, -0.05) is 42.5 Å². The minimum atomic E-state index is 0.177. The third-order valence-corrected chi connectivity index (χ3v) is 3.44. The Balaban J connectivity index is 2.31. The van der Waals surface area contributed by atoms with Gasteiger partial charge in [-0.15, -0.1) is 0 Å². The minimum absolute atomic E-state index is 0.177.